The van der Waals surface area contributed by atoms with Gasteiger partial charge in [0.05, 0.1) is 0 Å². The zero-order chi connectivity index (χ0) is 13.4. The van der Waals surface area contributed by atoms with Gasteiger partial charge in [-0.05, 0) is 37.6 Å². The minimum absolute atomic E-state index is 0.320. The number of nitrogens with one attached hydrogen (secondary N) is 1. The van der Waals surface area contributed by atoms with E-state index in [4.69, 9.17) is 10.9 Å². The van der Waals surface area contributed by atoms with Gasteiger partial charge in [-0.15, -0.1) is 0 Å². The van der Waals surface area contributed by atoms with Gasteiger partial charge in [-0.25, -0.2) is 0 Å². The van der Waals surface area contributed by atoms with Crippen molar-refractivity contribution in [2.75, 3.05) is 6.54 Å². The number of hydrogen-bond acceptors (Lipinski definition) is 3. The Bertz CT molecular complexity index is 255. The molecule has 0 bridgehead atoms. The minimum atomic E-state index is 0.320. The van der Waals surface area contributed by atoms with Crippen LogP contribution in [0.4, 0.5) is 0 Å². The first-order chi connectivity index (χ1) is 8.65. The lowest BCUT2D eigenvalue weighted by molar-refractivity contribution is 0.264. The van der Waals surface area contributed by atoms with Crippen LogP contribution in [-0.2, 0) is 0 Å². The van der Waals surface area contributed by atoms with Crippen LogP contribution < -0.4 is 11.1 Å². The van der Waals surface area contributed by atoms with Gasteiger partial charge < -0.3 is 16.3 Å². The standard InChI is InChI=1S/C14H29N3O/c1-3-13(10-14(15)17-18)16-8-7-12-6-4-5-11(2)9-12/h11-13,16,18H,3-10H2,1-2H3,(H2,15,17). The van der Waals surface area contributed by atoms with Gasteiger partial charge in [-0.3, -0.25) is 0 Å². The molecule has 1 aliphatic rings. The predicted molar refractivity (Wildman–Crippen MR) is 75.8 cm³/mol. The second-order valence-electron chi connectivity index (χ2n) is 5.78. The molecule has 18 heavy (non-hydrogen) atoms. The van der Waals surface area contributed by atoms with Crippen molar-refractivity contribution in [1.82, 2.24) is 5.32 Å². The molecule has 0 spiro atoms. The summed E-state index contributed by atoms with van der Waals surface area (Å²) in [5.41, 5.74) is 5.54. The molecule has 3 unspecified atom stereocenters. The first-order valence-electron chi connectivity index (χ1n) is 7.35. The van der Waals surface area contributed by atoms with Gasteiger partial charge in [0.25, 0.3) is 0 Å². The lowest BCUT2D eigenvalue weighted by Crippen LogP contribution is -2.34. The molecule has 0 aromatic rings. The SMILES string of the molecule is CCC(CC(N)=NO)NCCC1CCCC(C)C1. The molecule has 0 radical (unpaired) electrons. The second kappa shape index (κ2) is 8.35. The summed E-state index contributed by atoms with van der Waals surface area (Å²) in [5, 5.41) is 15.1. The van der Waals surface area contributed by atoms with E-state index in [0.717, 1.165) is 24.8 Å². The minimum Gasteiger partial charge on any atom is -0.409 e. The summed E-state index contributed by atoms with van der Waals surface area (Å²) < 4.78 is 0. The number of nitrogens with zero attached hydrogens (tertiary/aromatic N) is 1. The molecular formula is C14H29N3O. The number of nitrogens with two attached hydrogens (primary N) is 1. The molecule has 4 N–H and O–H groups in total. The first kappa shape index (κ1) is 15.3. The van der Waals surface area contributed by atoms with Crippen LogP contribution in [0.25, 0.3) is 0 Å². The highest BCUT2D eigenvalue weighted by atomic mass is 16.4. The molecular weight excluding hydrogens is 226 g/mol. The summed E-state index contributed by atoms with van der Waals surface area (Å²) in [7, 11) is 0. The average molecular weight is 255 g/mol. The molecule has 0 saturated heterocycles. The van der Waals surface area contributed by atoms with Crippen molar-refractivity contribution in [2.24, 2.45) is 22.7 Å². The fourth-order valence-corrected chi connectivity index (χ4v) is 2.97. The van der Waals surface area contributed by atoms with Crippen molar-refractivity contribution < 1.29 is 5.21 Å². The van der Waals surface area contributed by atoms with E-state index in [0.29, 0.717) is 18.3 Å². The lowest BCUT2D eigenvalue weighted by Gasteiger charge is -2.27. The van der Waals surface area contributed by atoms with Crippen molar-refractivity contribution in [3.63, 3.8) is 0 Å². The third kappa shape index (κ3) is 5.71. The fourth-order valence-electron chi connectivity index (χ4n) is 2.97. The monoisotopic (exact) mass is 255 g/mol. The van der Waals surface area contributed by atoms with Gasteiger partial charge >= 0.3 is 0 Å². The molecule has 1 rings (SSSR count). The molecule has 1 aliphatic carbocycles. The third-order valence-corrected chi connectivity index (χ3v) is 4.11. The normalized spacial score (nSPS) is 27.1. The van der Waals surface area contributed by atoms with Gasteiger partial charge in [-0.2, -0.15) is 0 Å². The van der Waals surface area contributed by atoms with Crippen LogP contribution >= 0.6 is 0 Å². The molecule has 4 heteroatoms. The fraction of sp³-hybridized carbons (Fsp3) is 0.929. The zero-order valence-corrected chi connectivity index (χ0v) is 11.9. The molecule has 0 aromatic carbocycles. The van der Waals surface area contributed by atoms with Crippen LogP contribution in [0.3, 0.4) is 0 Å². The van der Waals surface area contributed by atoms with E-state index in [1.807, 2.05) is 0 Å². The maximum Gasteiger partial charge on any atom is 0.140 e. The van der Waals surface area contributed by atoms with Crippen molar-refractivity contribution in [2.45, 2.75) is 64.8 Å². The Morgan fingerprint density at radius 3 is 2.89 bits per heavy atom. The highest BCUT2D eigenvalue weighted by Crippen LogP contribution is 2.30. The van der Waals surface area contributed by atoms with E-state index in [-0.39, 0.29) is 0 Å². The number of amidine groups is 1. The molecule has 0 aromatic heterocycles. The Morgan fingerprint density at radius 2 is 2.28 bits per heavy atom. The summed E-state index contributed by atoms with van der Waals surface area (Å²) in [5.74, 6) is 2.12. The largest absolute Gasteiger partial charge is 0.409 e. The van der Waals surface area contributed by atoms with E-state index in [2.05, 4.69) is 24.3 Å². The smallest absolute Gasteiger partial charge is 0.140 e. The van der Waals surface area contributed by atoms with E-state index in [9.17, 15) is 0 Å². The van der Waals surface area contributed by atoms with Crippen LogP contribution in [0, 0.1) is 11.8 Å². The van der Waals surface area contributed by atoms with Crippen LogP contribution in [0.1, 0.15) is 58.8 Å². The summed E-state index contributed by atoms with van der Waals surface area (Å²) in [4.78, 5) is 0. The first-order valence-corrected chi connectivity index (χ1v) is 7.35. The van der Waals surface area contributed by atoms with Crippen molar-refractivity contribution in [3.05, 3.63) is 0 Å². The molecule has 3 atom stereocenters. The molecule has 1 saturated carbocycles. The number of oxime groups is 1. The predicted octanol–water partition coefficient (Wildman–Crippen LogP) is 2.71. The van der Waals surface area contributed by atoms with E-state index < -0.39 is 0 Å². The Labute approximate surface area is 111 Å². The quantitative estimate of drug-likeness (QED) is 0.283. The van der Waals surface area contributed by atoms with Gasteiger partial charge in [0.15, 0.2) is 0 Å². The van der Waals surface area contributed by atoms with Crippen molar-refractivity contribution in [3.8, 4) is 0 Å². The highest BCUT2D eigenvalue weighted by molar-refractivity contribution is 5.80. The van der Waals surface area contributed by atoms with Gasteiger partial charge in [0.1, 0.15) is 5.84 Å². The molecule has 0 heterocycles. The highest BCUT2D eigenvalue weighted by Gasteiger charge is 2.18. The molecule has 106 valence electrons. The van der Waals surface area contributed by atoms with E-state index >= 15 is 0 Å². The van der Waals surface area contributed by atoms with Crippen LogP contribution in [0.5, 0.6) is 0 Å². The topological polar surface area (TPSA) is 70.6 Å². The lowest BCUT2D eigenvalue weighted by atomic mass is 9.81. The van der Waals surface area contributed by atoms with Gasteiger partial charge in [-0.1, -0.05) is 38.3 Å². The van der Waals surface area contributed by atoms with Crippen LogP contribution in [0.2, 0.25) is 0 Å². The van der Waals surface area contributed by atoms with Gasteiger partial charge in [0.2, 0.25) is 0 Å². The third-order valence-electron chi connectivity index (χ3n) is 4.11. The maximum absolute atomic E-state index is 8.57. The molecule has 0 amide bonds. The van der Waals surface area contributed by atoms with E-state index in [1.165, 1.54) is 32.1 Å². The molecule has 4 nitrogen and oxygen atoms in total. The number of rotatable bonds is 7. The summed E-state index contributed by atoms with van der Waals surface area (Å²) in [6, 6.07) is 0.335. The zero-order valence-electron chi connectivity index (χ0n) is 11.9. The average Bonchev–Trinajstić information content (AvgIpc) is 2.37. The Balaban J connectivity index is 2.18. The second-order valence-corrected chi connectivity index (χ2v) is 5.78. The number of hydrogen-bond donors (Lipinski definition) is 3. The van der Waals surface area contributed by atoms with Crippen LogP contribution in [0.15, 0.2) is 5.16 Å². The van der Waals surface area contributed by atoms with Crippen molar-refractivity contribution >= 4 is 5.84 Å². The van der Waals surface area contributed by atoms with Crippen molar-refractivity contribution in [1.29, 1.82) is 0 Å². The molecule has 0 aliphatic heterocycles. The summed E-state index contributed by atoms with van der Waals surface area (Å²) in [6.45, 7) is 5.55. The Morgan fingerprint density at radius 1 is 1.50 bits per heavy atom. The Kier molecular flexibility index (Phi) is 7.09. The summed E-state index contributed by atoms with van der Waals surface area (Å²) in [6.07, 6.45) is 8.49. The molecule has 1 fully saturated rings. The van der Waals surface area contributed by atoms with Crippen LogP contribution in [-0.4, -0.2) is 23.6 Å². The Hall–Kier alpha value is -0.770. The van der Waals surface area contributed by atoms with Gasteiger partial charge in [0, 0.05) is 12.5 Å². The van der Waals surface area contributed by atoms with E-state index in [1.54, 1.807) is 0 Å². The maximum atomic E-state index is 8.57. The summed E-state index contributed by atoms with van der Waals surface area (Å²) >= 11 is 0.